The largest absolute Gasteiger partial charge is 0.494 e. The number of carboxylic acid groups (broad SMARTS) is 1. The molecular weight excluding hydrogens is 534 g/mol. The van der Waals surface area contributed by atoms with Gasteiger partial charge >= 0.3 is 5.97 Å². The number of amides is 1. The molecule has 4 aromatic rings. The number of rotatable bonds is 14. The maximum Gasteiger partial charge on any atom is 0.341 e. The summed E-state index contributed by atoms with van der Waals surface area (Å²) >= 11 is 0. The van der Waals surface area contributed by atoms with Gasteiger partial charge in [-0.3, -0.25) is 9.63 Å². The lowest BCUT2D eigenvalue weighted by atomic mass is 9.97. The highest BCUT2D eigenvalue weighted by Gasteiger charge is 2.31. The van der Waals surface area contributed by atoms with Crippen molar-refractivity contribution < 1.29 is 33.7 Å². The van der Waals surface area contributed by atoms with E-state index in [-0.39, 0.29) is 12.5 Å². The Morgan fingerprint density at radius 1 is 0.833 bits per heavy atom. The number of hydroxylamine groups is 2. The molecule has 4 aromatic carbocycles. The molecule has 0 aliphatic heterocycles. The van der Waals surface area contributed by atoms with E-state index >= 15 is 0 Å². The molecule has 1 aliphatic rings. The predicted octanol–water partition coefficient (Wildman–Crippen LogP) is 6.24. The molecule has 5 rings (SSSR count). The number of hydrogen-bond donors (Lipinski definition) is 1. The van der Waals surface area contributed by atoms with Crippen molar-refractivity contribution in [3.8, 4) is 28.4 Å². The fourth-order valence-corrected chi connectivity index (χ4v) is 5.40. The van der Waals surface area contributed by atoms with Crippen LogP contribution in [0.2, 0.25) is 0 Å². The van der Waals surface area contributed by atoms with E-state index in [0.717, 1.165) is 27.8 Å². The van der Waals surface area contributed by atoms with E-state index in [1.54, 1.807) is 24.3 Å². The molecule has 216 valence electrons. The van der Waals surface area contributed by atoms with E-state index < -0.39 is 18.6 Å². The number of ether oxygens (including phenoxy) is 3. The SMILES string of the molecule is CCOc1ccc(C(c2ccc(OCC(=O)O)cc2)N(C=O)OCC2c3ccccc3-c3ccccc32)c(OCC)c1. The Labute approximate surface area is 245 Å². The highest BCUT2D eigenvalue weighted by Crippen LogP contribution is 2.45. The summed E-state index contributed by atoms with van der Waals surface area (Å²) in [4.78, 5) is 30.0. The first-order valence-corrected chi connectivity index (χ1v) is 13.9. The fourth-order valence-electron chi connectivity index (χ4n) is 5.40. The van der Waals surface area contributed by atoms with Gasteiger partial charge in [-0.25, -0.2) is 9.86 Å². The second-order valence-corrected chi connectivity index (χ2v) is 9.71. The lowest BCUT2D eigenvalue weighted by Crippen LogP contribution is -2.31. The lowest BCUT2D eigenvalue weighted by Gasteiger charge is -2.30. The Hall–Kier alpha value is -4.82. The standard InChI is InChI=1S/C34H33NO7/c1-3-39-25-17-18-30(32(19-25)40-4-2)34(23-13-15-24(16-14-23)41-21-33(37)38)35(22-36)42-20-31-28-11-7-5-9-26(28)27-10-6-8-12-29(27)31/h5-19,22,31,34H,3-4,20-21H2,1-2H3,(H,37,38). The summed E-state index contributed by atoms with van der Waals surface area (Å²) in [6, 6.07) is 28.3. The van der Waals surface area contributed by atoms with Crippen molar-refractivity contribution in [3.05, 3.63) is 113 Å². The molecule has 0 radical (unpaired) electrons. The molecule has 1 unspecified atom stereocenters. The highest BCUT2D eigenvalue weighted by atomic mass is 16.7. The Balaban J connectivity index is 1.50. The van der Waals surface area contributed by atoms with Gasteiger partial charge in [-0.2, -0.15) is 0 Å². The van der Waals surface area contributed by atoms with Crippen LogP contribution in [0.25, 0.3) is 11.1 Å². The third-order valence-corrected chi connectivity index (χ3v) is 7.16. The molecule has 0 fully saturated rings. The summed E-state index contributed by atoms with van der Waals surface area (Å²) in [6.45, 7) is 4.50. The van der Waals surface area contributed by atoms with Gasteiger partial charge in [-0.1, -0.05) is 60.7 Å². The van der Waals surface area contributed by atoms with Gasteiger partial charge in [0.2, 0.25) is 6.41 Å². The molecule has 1 amide bonds. The van der Waals surface area contributed by atoms with Crippen LogP contribution in [0.5, 0.6) is 17.2 Å². The Morgan fingerprint density at radius 3 is 2.05 bits per heavy atom. The topological polar surface area (TPSA) is 94.5 Å². The molecule has 0 saturated carbocycles. The van der Waals surface area contributed by atoms with Gasteiger partial charge in [0.15, 0.2) is 6.61 Å². The van der Waals surface area contributed by atoms with Crippen LogP contribution in [0.1, 0.15) is 48.1 Å². The van der Waals surface area contributed by atoms with E-state index in [2.05, 4.69) is 24.3 Å². The van der Waals surface area contributed by atoms with Crippen molar-refractivity contribution in [2.75, 3.05) is 26.4 Å². The second kappa shape index (κ2) is 13.2. The van der Waals surface area contributed by atoms with E-state index in [0.29, 0.717) is 42.4 Å². The average Bonchev–Trinajstić information content (AvgIpc) is 3.33. The zero-order valence-corrected chi connectivity index (χ0v) is 23.6. The molecule has 42 heavy (non-hydrogen) atoms. The zero-order valence-electron chi connectivity index (χ0n) is 23.6. The van der Waals surface area contributed by atoms with E-state index in [1.807, 2.05) is 56.3 Å². The lowest BCUT2D eigenvalue weighted by molar-refractivity contribution is -0.184. The monoisotopic (exact) mass is 567 g/mol. The van der Waals surface area contributed by atoms with Gasteiger partial charge in [0.1, 0.15) is 23.3 Å². The minimum Gasteiger partial charge on any atom is -0.494 e. The number of carboxylic acids is 1. The van der Waals surface area contributed by atoms with E-state index in [1.165, 1.54) is 5.06 Å². The maximum atomic E-state index is 12.7. The third-order valence-electron chi connectivity index (χ3n) is 7.16. The number of hydrogen-bond acceptors (Lipinski definition) is 6. The van der Waals surface area contributed by atoms with E-state index in [4.69, 9.17) is 24.2 Å². The molecule has 1 N–H and O–H groups in total. The normalized spacial score (nSPS) is 12.6. The Morgan fingerprint density at radius 2 is 1.45 bits per heavy atom. The molecule has 1 aliphatic carbocycles. The number of aliphatic carboxylic acids is 1. The first kappa shape index (κ1) is 28.7. The van der Waals surface area contributed by atoms with Gasteiger partial charge < -0.3 is 19.3 Å². The number of benzene rings is 4. The molecule has 0 bridgehead atoms. The average molecular weight is 568 g/mol. The summed E-state index contributed by atoms with van der Waals surface area (Å²) in [5.74, 6) is 0.488. The van der Waals surface area contributed by atoms with Crippen LogP contribution in [0.4, 0.5) is 0 Å². The fraction of sp³-hybridized carbons (Fsp3) is 0.235. The van der Waals surface area contributed by atoms with Gasteiger partial charge in [0.25, 0.3) is 0 Å². The molecule has 8 nitrogen and oxygen atoms in total. The Kier molecular flexibility index (Phi) is 9.04. The third kappa shape index (κ3) is 6.09. The van der Waals surface area contributed by atoms with Crippen molar-refractivity contribution >= 4 is 12.4 Å². The second-order valence-electron chi connectivity index (χ2n) is 9.71. The number of fused-ring (bicyclic) bond motifs is 3. The van der Waals surface area contributed by atoms with Crippen molar-refractivity contribution in [1.29, 1.82) is 0 Å². The molecule has 0 aromatic heterocycles. The van der Waals surface area contributed by atoms with Crippen molar-refractivity contribution in [2.45, 2.75) is 25.8 Å². The van der Waals surface area contributed by atoms with Crippen molar-refractivity contribution in [3.63, 3.8) is 0 Å². The zero-order chi connectivity index (χ0) is 29.5. The number of carbonyl (C=O) groups excluding carboxylic acids is 1. The summed E-state index contributed by atoms with van der Waals surface area (Å²) in [5.41, 5.74) is 6.06. The quantitative estimate of drug-likeness (QED) is 0.142. The van der Waals surface area contributed by atoms with Crippen molar-refractivity contribution in [2.24, 2.45) is 0 Å². The molecule has 0 saturated heterocycles. The van der Waals surface area contributed by atoms with E-state index in [9.17, 15) is 9.59 Å². The van der Waals surface area contributed by atoms with Crippen molar-refractivity contribution in [1.82, 2.24) is 5.06 Å². The minimum atomic E-state index is -1.07. The van der Waals surface area contributed by atoms with Crippen LogP contribution in [-0.2, 0) is 14.4 Å². The summed E-state index contributed by atoms with van der Waals surface area (Å²) in [5, 5.41) is 10.3. The van der Waals surface area contributed by atoms with Gasteiger partial charge in [0, 0.05) is 17.5 Å². The molecule has 0 heterocycles. The molecular formula is C34H33NO7. The smallest absolute Gasteiger partial charge is 0.341 e. The molecule has 1 atom stereocenters. The van der Waals surface area contributed by atoms with Crippen LogP contribution in [0.15, 0.2) is 91.0 Å². The number of carbonyl (C=O) groups is 2. The van der Waals surface area contributed by atoms with Gasteiger partial charge in [0.05, 0.1) is 19.8 Å². The molecule has 0 spiro atoms. The highest BCUT2D eigenvalue weighted by molar-refractivity contribution is 5.78. The first-order chi connectivity index (χ1) is 20.5. The maximum absolute atomic E-state index is 12.7. The van der Waals surface area contributed by atoms with Crippen LogP contribution >= 0.6 is 0 Å². The van der Waals surface area contributed by atoms with Crippen LogP contribution in [-0.4, -0.2) is 49.0 Å². The van der Waals surface area contributed by atoms with Crippen LogP contribution < -0.4 is 14.2 Å². The first-order valence-electron chi connectivity index (χ1n) is 13.9. The predicted molar refractivity (Wildman–Crippen MR) is 158 cm³/mol. The minimum absolute atomic E-state index is 0.0565. The Bertz CT molecular complexity index is 1490. The van der Waals surface area contributed by atoms with Crippen LogP contribution in [0, 0.1) is 0 Å². The number of nitrogens with zero attached hydrogens (tertiary/aromatic N) is 1. The van der Waals surface area contributed by atoms with Gasteiger partial charge in [-0.15, -0.1) is 0 Å². The summed E-state index contributed by atoms with van der Waals surface area (Å²) in [6.07, 6.45) is 0.679. The van der Waals surface area contributed by atoms with Crippen LogP contribution in [0.3, 0.4) is 0 Å². The summed E-state index contributed by atoms with van der Waals surface area (Å²) < 4.78 is 17.0. The molecule has 8 heteroatoms. The van der Waals surface area contributed by atoms with Gasteiger partial charge in [-0.05, 0) is 65.9 Å². The summed E-state index contributed by atoms with van der Waals surface area (Å²) in [7, 11) is 0.